The number of aromatic amines is 1. The standard InChI is InChI=1S/C18H22ClN3S/c1-12-10-22-17-14(15(19)6-7-16(17)20-18(22)23)11-21(12)9-8-13-4-2-3-5-13/h6-8,12H,2-5,9-11H2,1H3,(H,20,23)/t12-/m0/s1. The van der Waals surface area contributed by atoms with Crippen LogP contribution in [-0.2, 0) is 13.1 Å². The molecule has 5 heteroatoms. The molecule has 2 aromatic rings. The molecule has 0 saturated heterocycles. The van der Waals surface area contributed by atoms with Crippen LogP contribution < -0.4 is 0 Å². The molecule has 1 fully saturated rings. The summed E-state index contributed by atoms with van der Waals surface area (Å²) in [5.41, 5.74) is 5.11. The van der Waals surface area contributed by atoms with E-state index < -0.39 is 0 Å². The predicted octanol–water partition coefficient (Wildman–Crippen LogP) is 5.06. The third-order valence-corrected chi connectivity index (χ3v) is 5.95. The smallest absolute Gasteiger partial charge is 0.178 e. The Morgan fingerprint density at radius 3 is 2.91 bits per heavy atom. The highest BCUT2D eigenvalue weighted by Crippen LogP contribution is 2.31. The van der Waals surface area contributed by atoms with Crippen LogP contribution in [0, 0.1) is 4.77 Å². The number of H-pyrrole nitrogens is 1. The molecule has 0 amide bonds. The van der Waals surface area contributed by atoms with Gasteiger partial charge in [0.25, 0.3) is 0 Å². The van der Waals surface area contributed by atoms with Gasteiger partial charge in [0.1, 0.15) is 0 Å². The van der Waals surface area contributed by atoms with Gasteiger partial charge in [-0.2, -0.15) is 0 Å². The molecule has 1 aromatic heterocycles. The van der Waals surface area contributed by atoms with Gasteiger partial charge in [-0.05, 0) is 57.0 Å². The van der Waals surface area contributed by atoms with Gasteiger partial charge in [-0.15, -0.1) is 0 Å². The van der Waals surface area contributed by atoms with Crippen molar-refractivity contribution in [3.8, 4) is 0 Å². The molecule has 1 aliphatic heterocycles. The normalized spacial score (nSPS) is 21.8. The van der Waals surface area contributed by atoms with E-state index in [1.54, 1.807) is 5.57 Å². The highest BCUT2D eigenvalue weighted by atomic mass is 35.5. The second kappa shape index (κ2) is 6.08. The quantitative estimate of drug-likeness (QED) is 0.606. The zero-order chi connectivity index (χ0) is 16.0. The van der Waals surface area contributed by atoms with Crippen LogP contribution in [-0.4, -0.2) is 27.0 Å². The number of allylic oxidation sites excluding steroid dienone is 1. The predicted molar refractivity (Wildman–Crippen MR) is 98.6 cm³/mol. The molecule has 1 N–H and O–H groups in total. The zero-order valence-corrected chi connectivity index (χ0v) is 15.0. The third kappa shape index (κ3) is 2.77. The fourth-order valence-electron chi connectivity index (χ4n) is 3.89. The van der Waals surface area contributed by atoms with Crippen LogP contribution in [0.25, 0.3) is 11.0 Å². The van der Waals surface area contributed by atoms with Crippen molar-refractivity contribution in [2.75, 3.05) is 6.54 Å². The van der Waals surface area contributed by atoms with Crippen LogP contribution in [0.1, 0.15) is 38.2 Å². The Labute approximate surface area is 146 Å². The molecule has 3 nitrogen and oxygen atoms in total. The minimum atomic E-state index is 0.433. The second-order valence-corrected chi connectivity index (χ2v) is 7.60. The first-order valence-electron chi connectivity index (χ1n) is 8.45. The Kier molecular flexibility index (Phi) is 4.08. The van der Waals surface area contributed by atoms with Gasteiger partial charge >= 0.3 is 0 Å². The van der Waals surface area contributed by atoms with Gasteiger partial charge < -0.3 is 9.55 Å². The summed E-state index contributed by atoms with van der Waals surface area (Å²) in [5, 5.41) is 0.841. The fraction of sp³-hybridized carbons (Fsp3) is 0.500. The van der Waals surface area contributed by atoms with Crippen molar-refractivity contribution in [2.45, 2.75) is 51.7 Å². The summed E-state index contributed by atoms with van der Waals surface area (Å²) in [6.07, 6.45) is 7.72. The maximum Gasteiger partial charge on any atom is 0.178 e. The summed E-state index contributed by atoms with van der Waals surface area (Å²) in [6, 6.07) is 4.45. The van der Waals surface area contributed by atoms with E-state index in [9.17, 15) is 0 Å². The largest absolute Gasteiger partial charge is 0.331 e. The van der Waals surface area contributed by atoms with E-state index in [0.29, 0.717) is 6.04 Å². The molecule has 23 heavy (non-hydrogen) atoms. The number of nitrogens with one attached hydrogen (secondary N) is 1. The van der Waals surface area contributed by atoms with Gasteiger partial charge in [0.15, 0.2) is 4.77 Å². The van der Waals surface area contributed by atoms with E-state index in [1.807, 2.05) is 12.1 Å². The summed E-state index contributed by atoms with van der Waals surface area (Å²) < 4.78 is 3.02. The molecule has 2 aliphatic rings. The van der Waals surface area contributed by atoms with Crippen LogP contribution in [0.4, 0.5) is 0 Å². The number of imidazole rings is 1. The molecule has 0 unspecified atom stereocenters. The van der Waals surface area contributed by atoms with Gasteiger partial charge in [0.2, 0.25) is 0 Å². The number of halogens is 1. The van der Waals surface area contributed by atoms with Crippen LogP contribution >= 0.6 is 23.8 Å². The number of hydrogen-bond donors (Lipinski definition) is 1. The maximum atomic E-state index is 6.53. The molecular weight excluding hydrogens is 326 g/mol. The van der Waals surface area contributed by atoms with E-state index in [0.717, 1.165) is 34.9 Å². The minimum absolute atomic E-state index is 0.433. The number of rotatable bonds is 2. The van der Waals surface area contributed by atoms with Gasteiger partial charge in [-0.1, -0.05) is 23.3 Å². The molecule has 0 bridgehead atoms. The monoisotopic (exact) mass is 347 g/mol. The van der Waals surface area contributed by atoms with Crippen LogP contribution in [0.15, 0.2) is 23.8 Å². The van der Waals surface area contributed by atoms with E-state index >= 15 is 0 Å². The van der Waals surface area contributed by atoms with Crippen molar-refractivity contribution >= 4 is 34.9 Å². The number of nitrogens with zero attached hydrogens (tertiary/aromatic N) is 2. The number of aromatic nitrogens is 2. The van der Waals surface area contributed by atoms with Gasteiger partial charge in [-0.3, -0.25) is 4.90 Å². The van der Waals surface area contributed by atoms with Crippen LogP contribution in [0.3, 0.4) is 0 Å². The summed E-state index contributed by atoms with van der Waals surface area (Å²) in [5.74, 6) is 0. The van der Waals surface area contributed by atoms with E-state index in [4.69, 9.17) is 23.8 Å². The average Bonchev–Trinajstić information content (AvgIpc) is 3.11. The Morgan fingerprint density at radius 2 is 2.13 bits per heavy atom. The lowest BCUT2D eigenvalue weighted by molar-refractivity contribution is 0.210. The van der Waals surface area contributed by atoms with Crippen molar-refractivity contribution in [2.24, 2.45) is 0 Å². The van der Waals surface area contributed by atoms with E-state index in [-0.39, 0.29) is 0 Å². The Hall–Kier alpha value is -1.10. The van der Waals surface area contributed by atoms with Crippen LogP contribution in [0.2, 0.25) is 5.02 Å². The summed E-state index contributed by atoms with van der Waals surface area (Å²) in [6.45, 7) is 5.08. The van der Waals surface area contributed by atoms with Crippen molar-refractivity contribution in [3.63, 3.8) is 0 Å². The van der Waals surface area contributed by atoms with Crippen molar-refractivity contribution < 1.29 is 0 Å². The highest BCUT2D eigenvalue weighted by Gasteiger charge is 2.24. The van der Waals surface area contributed by atoms with Crippen molar-refractivity contribution in [3.05, 3.63) is 39.1 Å². The molecule has 1 atom stereocenters. The molecule has 0 radical (unpaired) electrons. The summed E-state index contributed by atoms with van der Waals surface area (Å²) >= 11 is 12.1. The molecule has 2 heterocycles. The van der Waals surface area contributed by atoms with Gasteiger partial charge in [0, 0.05) is 36.3 Å². The van der Waals surface area contributed by atoms with E-state index in [1.165, 1.54) is 36.8 Å². The van der Waals surface area contributed by atoms with Crippen molar-refractivity contribution in [1.82, 2.24) is 14.5 Å². The number of hydrogen-bond acceptors (Lipinski definition) is 2. The van der Waals surface area contributed by atoms with Gasteiger partial charge in [-0.25, -0.2) is 0 Å². The van der Waals surface area contributed by atoms with E-state index in [2.05, 4.69) is 27.5 Å². The highest BCUT2D eigenvalue weighted by molar-refractivity contribution is 7.71. The number of benzene rings is 1. The molecule has 4 rings (SSSR count). The Bertz CT molecular complexity index is 825. The Balaban J connectivity index is 1.72. The van der Waals surface area contributed by atoms with Crippen LogP contribution in [0.5, 0.6) is 0 Å². The summed E-state index contributed by atoms with van der Waals surface area (Å²) in [4.78, 5) is 5.84. The molecule has 1 saturated carbocycles. The topological polar surface area (TPSA) is 24.0 Å². The summed E-state index contributed by atoms with van der Waals surface area (Å²) in [7, 11) is 0. The zero-order valence-electron chi connectivity index (χ0n) is 13.4. The average molecular weight is 348 g/mol. The maximum absolute atomic E-state index is 6.53. The lowest BCUT2D eigenvalue weighted by Gasteiger charge is -2.26. The van der Waals surface area contributed by atoms with Gasteiger partial charge in [0.05, 0.1) is 11.0 Å². The first-order chi connectivity index (χ1) is 11.1. The van der Waals surface area contributed by atoms with Crippen molar-refractivity contribution in [1.29, 1.82) is 0 Å². The fourth-order valence-corrected chi connectivity index (χ4v) is 4.38. The third-order valence-electron chi connectivity index (χ3n) is 5.27. The lowest BCUT2D eigenvalue weighted by atomic mass is 10.1. The molecule has 122 valence electrons. The first kappa shape index (κ1) is 15.4. The minimum Gasteiger partial charge on any atom is -0.331 e. The molecule has 1 aliphatic carbocycles. The second-order valence-electron chi connectivity index (χ2n) is 6.81. The Morgan fingerprint density at radius 1 is 1.35 bits per heavy atom. The first-order valence-corrected chi connectivity index (χ1v) is 9.24. The molecule has 1 aromatic carbocycles. The molecule has 0 spiro atoms. The SMILES string of the molecule is C[C@H]1Cn2c(=S)[nH]c3ccc(Cl)c(c32)CN1CC=C1CCCC1. The lowest BCUT2D eigenvalue weighted by Crippen LogP contribution is -2.34. The molecular formula is C18H22ClN3S.